The lowest BCUT2D eigenvalue weighted by molar-refractivity contribution is 0.0596. The molecule has 1 aliphatic rings. The van der Waals surface area contributed by atoms with Crippen LogP contribution in [0.2, 0.25) is 5.02 Å². The van der Waals surface area contributed by atoms with Gasteiger partial charge in [-0.1, -0.05) is 11.6 Å². The molecule has 8 heteroatoms. The summed E-state index contributed by atoms with van der Waals surface area (Å²) in [5.74, 6) is -0.721. The predicted molar refractivity (Wildman–Crippen MR) is 74.4 cm³/mol. The first-order chi connectivity index (χ1) is 9.46. The van der Waals surface area contributed by atoms with Crippen LogP contribution in [-0.2, 0) is 14.8 Å². The monoisotopic (exact) mass is 318 g/mol. The molecule has 110 valence electrons. The summed E-state index contributed by atoms with van der Waals surface area (Å²) in [6, 6.07) is 4.09. The van der Waals surface area contributed by atoms with Crippen LogP contribution in [0.25, 0.3) is 0 Å². The fourth-order valence-corrected chi connectivity index (χ4v) is 3.79. The molecule has 0 saturated carbocycles. The summed E-state index contributed by atoms with van der Waals surface area (Å²) in [5.41, 5.74) is -0.0430. The molecule has 1 aromatic carbocycles. The lowest BCUT2D eigenvalue weighted by atomic mass is 10.2. The second-order valence-electron chi connectivity index (χ2n) is 4.29. The van der Waals surface area contributed by atoms with Crippen molar-refractivity contribution in [1.82, 2.24) is 9.62 Å². The number of carbonyl (C=O) groups excluding carboxylic acids is 1. The molecule has 6 nitrogen and oxygen atoms in total. The number of ether oxygens (including phenoxy) is 1. The molecule has 20 heavy (non-hydrogen) atoms. The lowest BCUT2D eigenvalue weighted by Gasteiger charge is -2.27. The maximum atomic E-state index is 12.6. The summed E-state index contributed by atoms with van der Waals surface area (Å²) in [6.07, 6.45) is 0. The summed E-state index contributed by atoms with van der Waals surface area (Å²) in [5, 5.41) is 3.36. The quantitative estimate of drug-likeness (QED) is 0.831. The van der Waals surface area contributed by atoms with Gasteiger partial charge in [-0.25, -0.2) is 13.2 Å². The van der Waals surface area contributed by atoms with Crippen LogP contribution in [0.1, 0.15) is 10.4 Å². The van der Waals surface area contributed by atoms with Crippen LogP contribution >= 0.6 is 11.6 Å². The van der Waals surface area contributed by atoms with E-state index in [0.29, 0.717) is 26.2 Å². The first kappa shape index (κ1) is 15.2. The molecule has 0 atom stereocenters. The van der Waals surface area contributed by atoms with Gasteiger partial charge in [0.25, 0.3) is 0 Å². The molecule has 0 spiro atoms. The number of piperazine rings is 1. The van der Waals surface area contributed by atoms with Crippen molar-refractivity contribution in [2.75, 3.05) is 33.3 Å². The van der Waals surface area contributed by atoms with E-state index in [9.17, 15) is 13.2 Å². The number of esters is 1. The van der Waals surface area contributed by atoms with Crippen molar-refractivity contribution in [3.63, 3.8) is 0 Å². The van der Waals surface area contributed by atoms with E-state index in [-0.39, 0.29) is 15.5 Å². The van der Waals surface area contributed by atoms with Crippen LogP contribution in [0.15, 0.2) is 23.1 Å². The summed E-state index contributed by atoms with van der Waals surface area (Å²) in [7, 11) is -2.53. The summed E-state index contributed by atoms with van der Waals surface area (Å²) >= 11 is 5.83. The zero-order chi connectivity index (χ0) is 14.8. The average molecular weight is 319 g/mol. The Morgan fingerprint density at radius 1 is 1.35 bits per heavy atom. The van der Waals surface area contributed by atoms with Gasteiger partial charge in [0.15, 0.2) is 0 Å². The fraction of sp³-hybridized carbons (Fsp3) is 0.417. The molecule has 0 radical (unpaired) electrons. The number of rotatable bonds is 3. The number of nitrogens with zero attached hydrogens (tertiary/aromatic N) is 1. The highest BCUT2D eigenvalue weighted by Crippen LogP contribution is 2.24. The molecule has 0 unspecified atom stereocenters. The molecule has 1 N–H and O–H groups in total. The topological polar surface area (TPSA) is 75.7 Å². The zero-order valence-electron chi connectivity index (χ0n) is 10.9. The van der Waals surface area contributed by atoms with E-state index in [1.165, 1.54) is 29.6 Å². The number of halogens is 1. The van der Waals surface area contributed by atoms with E-state index in [1.807, 2.05) is 0 Å². The van der Waals surface area contributed by atoms with Crippen LogP contribution in [0.4, 0.5) is 0 Å². The molecule has 1 aliphatic heterocycles. The van der Waals surface area contributed by atoms with E-state index in [2.05, 4.69) is 10.1 Å². The van der Waals surface area contributed by atoms with E-state index in [0.717, 1.165) is 0 Å². The maximum absolute atomic E-state index is 12.6. The van der Waals surface area contributed by atoms with Crippen molar-refractivity contribution in [1.29, 1.82) is 0 Å². The number of nitrogens with one attached hydrogen (secondary N) is 1. The van der Waals surface area contributed by atoms with Gasteiger partial charge in [-0.05, 0) is 18.2 Å². The number of carbonyl (C=O) groups is 1. The minimum atomic E-state index is -3.73. The van der Waals surface area contributed by atoms with Crippen molar-refractivity contribution >= 4 is 27.6 Å². The van der Waals surface area contributed by atoms with Crippen LogP contribution < -0.4 is 5.32 Å². The Labute approximate surface area is 122 Å². The third-order valence-electron chi connectivity index (χ3n) is 3.04. The average Bonchev–Trinajstić information content (AvgIpc) is 2.47. The SMILES string of the molecule is COC(=O)c1cc(Cl)ccc1S(=O)(=O)N1CCNCC1. The largest absolute Gasteiger partial charge is 0.465 e. The minimum absolute atomic E-state index is 0.0430. The highest BCUT2D eigenvalue weighted by Gasteiger charge is 2.30. The number of benzene rings is 1. The first-order valence-electron chi connectivity index (χ1n) is 6.05. The van der Waals surface area contributed by atoms with Gasteiger partial charge in [0.1, 0.15) is 0 Å². The van der Waals surface area contributed by atoms with Crippen molar-refractivity contribution in [2.45, 2.75) is 4.90 Å². The van der Waals surface area contributed by atoms with E-state index in [1.54, 1.807) is 0 Å². The highest BCUT2D eigenvalue weighted by atomic mass is 35.5. The van der Waals surface area contributed by atoms with Crippen molar-refractivity contribution < 1.29 is 17.9 Å². The van der Waals surface area contributed by atoms with Gasteiger partial charge in [-0.3, -0.25) is 0 Å². The summed E-state index contributed by atoms with van der Waals surface area (Å²) in [4.78, 5) is 11.7. The van der Waals surface area contributed by atoms with Crippen LogP contribution in [0.5, 0.6) is 0 Å². The van der Waals surface area contributed by atoms with E-state index < -0.39 is 16.0 Å². The number of hydrogen-bond acceptors (Lipinski definition) is 5. The molecule has 1 saturated heterocycles. The van der Waals surface area contributed by atoms with Gasteiger partial charge in [-0.15, -0.1) is 0 Å². The Morgan fingerprint density at radius 3 is 2.60 bits per heavy atom. The zero-order valence-corrected chi connectivity index (χ0v) is 12.5. The molecule has 1 fully saturated rings. The third kappa shape index (κ3) is 2.95. The second kappa shape index (κ2) is 6.09. The molecule has 0 aliphatic carbocycles. The molecule has 2 rings (SSSR count). The van der Waals surface area contributed by atoms with Crippen LogP contribution in [0, 0.1) is 0 Å². The number of sulfonamides is 1. The van der Waals surface area contributed by atoms with Crippen molar-refractivity contribution in [3.05, 3.63) is 28.8 Å². The fourth-order valence-electron chi connectivity index (χ4n) is 2.02. The van der Waals surface area contributed by atoms with Gasteiger partial charge < -0.3 is 10.1 Å². The summed E-state index contributed by atoms with van der Waals surface area (Å²) in [6.45, 7) is 1.90. The Hall–Kier alpha value is -1.15. The van der Waals surface area contributed by atoms with Gasteiger partial charge in [0, 0.05) is 31.2 Å². The van der Waals surface area contributed by atoms with Gasteiger partial charge in [0.2, 0.25) is 10.0 Å². The van der Waals surface area contributed by atoms with Crippen molar-refractivity contribution in [2.24, 2.45) is 0 Å². The first-order valence-corrected chi connectivity index (χ1v) is 7.87. The molecule has 1 heterocycles. The van der Waals surface area contributed by atoms with Crippen molar-refractivity contribution in [3.8, 4) is 0 Å². The molecular formula is C12H15ClN2O4S. The van der Waals surface area contributed by atoms with E-state index >= 15 is 0 Å². The number of hydrogen-bond donors (Lipinski definition) is 1. The molecule has 0 bridgehead atoms. The summed E-state index contributed by atoms with van der Waals surface area (Å²) < 4.78 is 31.1. The van der Waals surface area contributed by atoms with Gasteiger partial charge in [0.05, 0.1) is 17.6 Å². The Balaban J connectivity index is 2.48. The molecule has 0 aromatic heterocycles. The normalized spacial score (nSPS) is 16.9. The Bertz CT molecular complexity index is 612. The Morgan fingerprint density at radius 2 is 2.00 bits per heavy atom. The molecule has 0 amide bonds. The second-order valence-corrected chi connectivity index (χ2v) is 6.63. The lowest BCUT2D eigenvalue weighted by Crippen LogP contribution is -2.46. The van der Waals surface area contributed by atoms with Crippen LogP contribution in [0.3, 0.4) is 0 Å². The third-order valence-corrected chi connectivity index (χ3v) is 5.23. The predicted octanol–water partition coefficient (Wildman–Crippen LogP) is 0.720. The Kier molecular flexibility index (Phi) is 4.64. The van der Waals surface area contributed by atoms with Gasteiger partial charge >= 0.3 is 5.97 Å². The minimum Gasteiger partial charge on any atom is -0.465 e. The standard InChI is InChI=1S/C12H15ClN2O4S/c1-19-12(16)10-8-9(13)2-3-11(10)20(17,18)15-6-4-14-5-7-15/h2-3,8,14H,4-7H2,1H3. The van der Waals surface area contributed by atoms with Crippen LogP contribution in [-0.4, -0.2) is 52.0 Å². The molecule has 1 aromatic rings. The maximum Gasteiger partial charge on any atom is 0.339 e. The van der Waals surface area contributed by atoms with E-state index in [4.69, 9.17) is 11.6 Å². The highest BCUT2D eigenvalue weighted by molar-refractivity contribution is 7.89. The number of methoxy groups -OCH3 is 1. The smallest absolute Gasteiger partial charge is 0.339 e. The van der Waals surface area contributed by atoms with Gasteiger partial charge in [-0.2, -0.15) is 4.31 Å². The molecular weight excluding hydrogens is 304 g/mol.